The van der Waals surface area contributed by atoms with Gasteiger partial charge in [-0.15, -0.1) is 0 Å². The van der Waals surface area contributed by atoms with Crippen LogP contribution in [-0.4, -0.2) is 0 Å². The summed E-state index contributed by atoms with van der Waals surface area (Å²) in [7, 11) is 0. The van der Waals surface area contributed by atoms with Crippen molar-refractivity contribution < 1.29 is 0 Å². The molecule has 10 heavy (non-hydrogen) atoms. The zero-order valence-corrected chi connectivity index (χ0v) is 8.07. The van der Waals surface area contributed by atoms with Gasteiger partial charge in [0.05, 0.1) is 0 Å². The van der Waals surface area contributed by atoms with Gasteiger partial charge in [-0.2, -0.15) is 0 Å². The molecule has 0 bridgehead atoms. The molecular weight excluding hydrogens is 120 g/mol. The Morgan fingerprint density at radius 1 is 1.30 bits per heavy atom. The van der Waals surface area contributed by atoms with Gasteiger partial charge >= 0.3 is 0 Å². The monoisotopic (exact) mass is 141 g/mol. The summed E-state index contributed by atoms with van der Waals surface area (Å²) >= 11 is 0. The summed E-state index contributed by atoms with van der Waals surface area (Å²) < 4.78 is 0. The highest BCUT2D eigenvalue weighted by Gasteiger charge is 2.25. The lowest BCUT2D eigenvalue weighted by molar-refractivity contribution is 0.201. The van der Waals surface area contributed by atoms with Gasteiger partial charge in [-0.05, 0) is 24.2 Å². The van der Waals surface area contributed by atoms with E-state index in [9.17, 15) is 0 Å². The Morgan fingerprint density at radius 2 is 1.70 bits per heavy atom. The maximum absolute atomic E-state index is 4.16. The largest absolute Gasteiger partial charge is 0.0651 e. The minimum Gasteiger partial charge on any atom is -0.0651 e. The standard InChI is InChI=1S/C10H21/c1-7-9(8(2)3)10(4,5)6/h8-9H,4,7H2,1-3,5-6H3. The van der Waals surface area contributed by atoms with Crippen LogP contribution in [0.4, 0.5) is 0 Å². The van der Waals surface area contributed by atoms with Crippen LogP contribution in [0.3, 0.4) is 0 Å². The van der Waals surface area contributed by atoms with Gasteiger partial charge in [-0.1, -0.05) is 41.0 Å². The molecular formula is C10H21. The first-order chi connectivity index (χ1) is 4.39. The van der Waals surface area contributed by atoms with Crippen LogP contribution < -0.4 is 0 Å². The molecule has 0 heterocycles. The van der Waals surface area contributed by atoms with Crippen molar-refractivity contribution in [1.29, 1.82) is 0 Å². The Hall–Kier alpha value is 0. The lowest BCUT2D eigenvalue weighted by atomic mass is 9.73. The van der Waals surface area contributed by atoms with Crippen LogP contribution in [0.5, 0.6) is 0 Å². The van der Waals surface area contributed by atoms with E-state index in [1.54, 1.807) is 0 Å². The Labute approximate surface area is 66.0 Å². The highest BCUT2D eigenvalue weighted by molar-refractivity contribution is 4.81. The molecule has 0 aromatic carbocycles. The second kappa shape index (κ2) is 3.41. The normalized spacial score (nSPS) is 15.9. The SMILES string of the molecule is [CH2]C(C)(C)C(CC)C(C)C. The molecule has 0 aliphatic heterocycles. The molecule has 1 atom stereocenters. The fourth-order valence-electron chi connectivity index (χ4n) is 1.93. The van der Waals surface area contributed by atoms with E-state index in [-0.39, 0.29) is 5.41 Å². The molecule has 0 aliphatic carbocycles. The van der Waals surface area contributed by atoms with Gasteiger partial charge < -0.3 is 0 Å². The first kappa shape index (κ1) is 10.0. The molecule has 0 N–H and O–H groups in total. The first-order valence-corrected chi connectivity index (χ1v) is 4.25. The van der Waals surface area contributed by atoms with Gasteiger partial charge in [0, 0.05) is 0 Å². The maximum Gasteiger partial charge on any atom is -0.0323 e. The van der Waals surface area contributed by atoms with E-state index in [0.29, 0.717) is 0 Å². The van der Waals surface area contributed by atoms with Gasteiger partial charge in [-0.3, -0.25) is 0 Å². The van der Waals surface area contributed by atoms with E-state index in [4.69, 9.17) is 0 Å². The molecule has 0 spiro atoms. The number of rotatable bonds is 3. The highest BCUT2D eigenvalue weighted by atomic mass is 14.3. The molecule has 0 fully saturated rings. The van der Waals surface area contributed by atoms with Gasteiger partial charge in [0.15, 0.2) is 0 Å². The molecule has 0 nitrogen and oxygen atoms in total. The number of hydrogen-bond acceptors (Lipinski definition) is 0. The topological polar surface area (TPSA) is 0 Å². The van der Waals surface area contributed by atoms with Gasteiger partial charge in [0.1, 0.15) is 0 Å². The molecule has 0 aromatic rings. The average molecular weight is 141 g/mol. The average Bonchev–Trinajstić information content (AvgIpc) is 1.60. The highest BCUT2D eigenvalue weighted by Crippen LogP contribution is 2.33. The van der Waals surface area contributed by atoms with Crippen LogP contribution in [0.15, 0.2) is 0 Å². The lowest BCUT2D eigenvalue weighted by Gasteiger charge is -2.32. The van der Waals surface area contributed by atoms with E-state index in [0.717, 1.165) is 11.8 Å². The van der Waals surface area contributed by atoms with E-state index in [1.807, 2.05) is 0 Å². The van der Waals surface area contributed by atoms with Crippen molar-refractivity contribution in [2.75, 3.05) is 0 Å². The predicted octanol–water partition coefficient (Wildman–Crippen LogP) is 3.53. The summed E-state index contributed by atoms with van der Waals surface area (Å²) in [6.07, 6.45) is 1.24. The van der Waals surface area contributed by atoms with Crippen LogP contribution in [0.2, 0.25) is 0 Å². The molecule has 1 unspecified atom stereocenters. The molecule has 0 aromatic heterocycles. The van der Waals surface area contributed by atoms with Crippen LogP contribution in [0.25, 0.3) is 0 Å². The molecule has 0 heteroatoms. The fourth-order valence-corrected chi connectivity index (χ4v) is 1.93. The van der Waals surface area contributed by atoms with E-state index >= 15 is 0 Å². The van der Waals surface area contributed by atoms with E-state index in [2.05, 4.69) is 41.5 Å². The van der Waals surface area contributed by atoms with Crippen LogP contribution >= 0.6 is 0 Å². The summed E-state index contributed by atoms with van der Waals surface area (Å²) in [5, 5.41) is 0. The molecule has 0 aliphatic rings. The van der Waals surface area contributed by atoms with Crippen LogP contribution in [0.1, 0.15) is 41.0 Å². The lowest BCUT2D eigenvalue weighted by Crippen LogP contribution is -2.24. The van der Waals surface area contributed by atoms with Crippen molar-refractivity contribution in [3.8, 4) is 0 Å². The Bertz CT molecular complexity index is 84.7. The van der Waals surface area contributed by atoms with Gasteiger partial charge in [0.2, 0.25) is 0 Å². The predicted molar refractivity (Wildman–Crippen MR) is 47.8 cm³/mol. The zero-order valence-electron chi connectivity index (χ0n) is 8.07. The third kappa shape index (κ3) is 2.72. The minimum atomic E-state index is 0.239. The molecule has 0 rings (SSSR count). The third-order valence-corrected chi connectivity index (χ3v) is 2.25. The Balaban J connectivity index is 4.07. The third-order valence-electron chi connectivity index (χ3n) is 2.25. The fraction of sp³-hybridized carbons (Fsp3) is 0.900. The van der Waals surface area contributed by atoms with E-state index < -0.39 is 0 Å². The molecule has 0 saturated heterocycles. The quantitative estimate of drug-likeness (QED) is 0.564. The smallest absolute Gasteiger partial charge is 0.0323 e. The Morgan fingerprint density at radius 3 is 1.70 bits per heavy atom. The van der Waals surface area contributed by atoms with Crippen molar-refractivity contribution in [1.82, 2.24) is 0 Å². The summed E-state index contributed by atoms with van der Waals surface area (Å²) in [4.78, 5) is 0. The second-order valence-electron chi connectivity index (χ2n) is 4.25. The van der Waals surface area contributed by atoms with Crippen LogP contribution in [-0.2, 0) is 0 Å². The van der Waals surface area contributed by atoms with Gasteiger partial charge in [0.25, 0.3) is 0 Å². The van der Waals surface area contributed by atoms with Crippen molar-refractivity contribution >= 4 is 0 Å². The van der Waals surface area contributed by atoms with E-state index in [1.165, 1.54) is 6.42 Å². The summed E-state index contributed by atoms with van der Waals surface area (Å²) in [6.45, 7) is 15.4. The molecule has 1 radical (unpaired) electrons. The zero-order chi connectivity index (χ0) is 8.36. The van der Waals surface area contributed by atoms with Crippen molar-refractivity contribution in [2.24, 2.45) is 17.3 Å². The number of hydrogen-bond donors (Lipinski definition) is 0. The van der Waals surface area contributed by atoms with Crippen molar-refractivity contribution in [3.63, 3.8) is 0 Å². The van der Waals surface area contributed by atoms with Crippen LogP contribution in [0, 0.1) is 24.2 Å². The first-order valence-electron chi connectivity index (χ1n) is 4.25. The molecule has 0 amide bonds. The Kier molecular flexibility index (Phi) is 3.41. The summed E-state index contributed by atoms with van der Waals surface area (Å²) in [5.74, 6) is 1.52. The van der Waals surface area contributed by atoms with Gasteiger partial charge in [-0.25, -0.2) is 0 Å². The summed E-state index contributed by atoms with van der Waals surface area (Å²) in [6, 6.07) is 0. The maximum atomic E-state index is 4.16. The van der Waals surface area contributed by atoms with Crippen molar-refractivity contribution in [3.05, 3.63) is 6.92 Å². The second-order valence-corrected chi connectivity index (χ2v) is 4.25. The molecule has 61 valence electrons. The molecule has 0 saturated carbocycles. The minimum absolute atomic E-state index is 0.239. The summed E-state index contributed by atoms with van der Waals surface area (Å²) in [5.41, 5.74) is 0.239. The van der Waals surface area contributed by atoms with Crippen molar-refractivity contribution in [2.45, 2.75) is 41.0 Å².